The lowest BCUT2D eigenvalue weighted by molar-refractivity contribution is -0.149. The summed E-state index contributed by atoms with van der Waals surface area (Å²) in [4.78, 5) is 27.7. The van der Waals surface area contributed by atoms with E-state index < -0.39 is 0 Å². The quantitative estimate of drug-likeness (QED) is 0.592. The van der Waals surface area contributed by atoms with Crippen molar-refractivity contribution in [2.75, 3.05) is 26.2 Å². The number of nitrogens with zero attached hydrogens (tertiary/aromatic N) is 3. The second-order valence-corrected chi connectivity index (χ2v) is 9.48. The number of benzene rings is 2. The molecule has 2 aromatic rings. The maximum atomic E-state index is 13.5. The molecule has 0 aromatic heterocycles. The minimum absolute atomic E-state index is 0.00291. The van der Waals surface area contributed by atoms with Gasteiger partial charge < -0.3 is 4.74 Å². The van der Waals surface area contributed by atoms with Gasteiger partial charge in [-0.1, -0.05) is 42.0 Å². The van der Waals surface area contributed by atoms with E-state index >= 15 is 0 Å². The number of ether oxygens (including phenoxy) is 1. The van der Waals surface area contributed by atoms with Gasteiger partial charge in [-0.05, 0) is 76.4 Å². The minimum Gasteiger partial charge on any atom is -0.466 e. The molecule has 2 aliphatic heterocycles. The second kappa shape index (κ2) is 10.5. The topological polar surface area (TPSA) is 62.2 Å². The van der Waals surface area contributed by atoms with Gasteiger partial charge in [-0.15, -0.1) is 0 Å². The van der Waals surface area contributed by atoms with Crippen LogP contribution in [-0.2, 0) is 14.3 Å². The Morgan fingerprint density at radius 1 is 1.03 bits per heavy atom. The van der Waals surface area contributed by atoms with Gasteiger partial charge in [-0.3, -0.25) is 14.5 Å². The van der Waals surface area contributed by atoms with Gasteiger partial charge in [-0.2, -0.15) is 5.10 Å². The van der Waals surface area contributed by atoms with E-state index in [1.54, 1.807) is 5.01 Å². The van der Waals surface area contributed by atoms with Crippen molar-refractivity contribution in [3.05, 3.63) is 70.3 Å². The molecule has 0 bridgehead atoms. The monoisotopic (exact) mass is 461 g/mol. The lowest BCUT2D eigenvalue weighted by Crippen LogP contribution is -2.43. The number of piperidine rings is 1. The average Bonchev–Trinajstić information content (AvgIpc) is 3.27. The number of hydrogen-bond acceptors (Lipinski definition) is 5. The number of carbonyl (C=O) groups is 2. The van der Waals surface area contributed by atoms with E-state index in [1.165, 1.54) is 11.1 Å². The number of aryl methyl sites for hydroxylation is 3. The van der Waals surface area contributed by atoms with Crippen molar-refractivity contribution in [1.82, 2.24) is 9.91 Å². The van der Waals surface area contributed by atoms with Gasteiger partial charge in [0.1, 0.15) is 0 Å². The molecule has 2 aliphatic rings. The molecule has 0 unspecified atom stereocenters. The molecule has 0 spiro atoms. The van der Waals surface area contributed by atoms with E-state index in [0.29, 0.717) is 32.7 Å². The number of likely N-dealkylation sites (tertiary alicyclic amines) is 1. The van der Waals surface area contributed by atoms with Crippen LogP contribution in [0.3, 0.4) is 0 Å². The first-order valence-corrected chi connectivity index (χ1v) is 12.3. The van der Waals surface area contributed by atoms with Crippen LogP contribution in [0.5, 0.6) is 0 Å². The maximum absolute atomic E-state index is 13.5. The summed E-state index contributed by atoms with van der Waals surface area (Å²) < 4.78 is 5.17. The van der Waals surface area contributed by atoms with Crippen LogP contribution < -0.4 is 0 Å². The first-order chi connectivity index (χ1) is 16.4. The number of rotatable bonds is 6. The standard InChI is InChI=1S/C28H35N3O3/c1-5-34-28(33)22-12-14-30(15-13-22)18-27(32)31-26(23-9-7-6-8-20(23)3)17-25(29-31)24-16-19(2)10-11-21(24)4/h6-11,16,22,26H,5,12-15,17-18H2,1-4H3/t26-/m0/s1. The largest absolute Gasteiger partial charge is 0.466 e. The zero-order chi connectivity index (χ0) is 24.2. The molecule has 1 fully saturated rings. The van der Waals surface area contributed by atoms with Crippen molar-refractivity contribution in [2.45, 2.75) is 53.0 Å². The first-order valence-electron chi connectivity index (χ1n) is 12.3. The second-order valence-electron chi connectivity index (χ2n) is 9.48. The molecule has 180 valence electrons. The van der Waals surface area contributed by atoms with E-state index in [2.05, 4.69) is 56.0 Å². The Labute approximate surface area is 202 Å². The molecule has 34 heavy (non-hydrogen) atoms. The Kier molecular flexibility index (Phi) is 7.47. The van der Waals surface area contributed by atoms with Crippen molar-refractivity contribution in [1.29, 1.82) is 0 Å². The molecule has 2 aromatic carbocycles. The van der Waals surface area contributed by atoms with Gasteiger partial charge in [-0.25, -0.2) is 5.01 Å². The third kappa shape index (κ3) is 5.22. The molecule has 6 nitrogen and oxygen atoms in total. The number of amides is 1. The number of carbonyl (C=O) groups excluding carboxylic acids is 2. The lowest BCUT2D eigenvalue weighted by Gasteiger charge is -2.32. The highest BCUT2D eigenvalue weighted by Crippen LogP contribution is 2.35. The summed E-state index contributed by atoms with van der Waals surface area (Å²) in [6.07, 6.45) is 2.15. The smallest absolute Gasteiger partial charge is 0.309 e. The van der Waals surface area contributed by atoms with Crippen molar-refractivity contribution in [2.24, 2.45) is 11.0 Å². The van der Waals surface area contributed by atoms with Crippen molar-refractivity contribution >= 4 is 17.6 Å². The van der Waals surface area contributed by atoms with Gasteiger partial charge >= 0.3 is 5.97 Å². The summed E-state index contributed by atoms with van der Waals surface area (Å²) >= 11 is 0. The van der Waals surface area contributed by atoms with Crippen LogP contribution in [0.1, 0.15) is 60.0 Å². The van der Waals surface area contributed by atoms with Crippen molar-refractivity contribution in [3.63, 3.8) is 0 Å². The Balaban J connectivity index is 1.53. The fraction of sp³-hybridized carbons (Fsp3) is 0.464. The molecule has 4 rings (SSSR count). The third-order valence-electron chi connectivity index (χ3n) is 6.98. The summed E-state index contributed by atoms with van der Waals surface area (Å²) in [5.74, 6) is -0.176. The first kappa shape index (κ1) is 24.1. The Morgan fingerprint density at radius 2 is 1.76 bits per heavy atom. The fourth-order valence-corrected chi connectivity index (χ4v) is 5.00. The Bertz CT molecular complexity index is 1090. The molecule has 0 saturated carbocycles. The molecule has 0 N–H and O–H groups in total. The molecule has 0 aliphatic carbocycles. The normalized spacial score (nSPS) is 19.2. The number of hydrogen-bond donors (Lipinski definition) is 0. The molecule has 1 saturated heterocycles. The van der Waals surface area contributed by atoms with Crippen LogP contribution in [-0.4, -0.2) is 53.7 Å². The number of hydrazone groups is 1. The summed E-state index contributed by atoms with van der Waals surface area (Å²) in [6.45, 7) is 10.2. The van der Waals surface area contributed by atoms with Gasteiger partial charge in [0.25, 0.3) is 5.91 Å². The van der Waals surface area contributed by atoms with Crippen LogP contribution in [0, 0.1) is 26.7 Å². The van der Waals surface area contributed by atoms with E-state index in [1.807, 2.05) is 19.1 Å². The molecule has 1 amide bonds. The molecule has 1 atom stereocenters. The molecular formula is C28H35N3O3. The fourth-order valence-electron chi connectivity index (χ4n) is 5.00. The minimum atomic E-state index is -0.115. The Morgan fingerprint density at radius 3 is 2.47 bits per heavy atom. The predicted molar refractivity (Wildman–Crippen MR) is 134 cm³/mol. The van der Waals surface area contributed by atoms with E-state index in [0.717, 1.165) is 35.2 Å². The molecule has 2 heterocycles. The highest BCUT2D eigenvalue weighted by molar-refractivity contribution is 6.04. The molecular weight excluding hydrogens is 426 g/mol. The zero-order valence-electron chi connectivity index (χ0n) is 20.7. The molecule has 0 radical (unpaired) electrons. The summed E-state index contributed by atoms with van der Waals surface area (Å²) in [6, 6.07) is 14.5. The van der Waals surface area contributed by atoms with Crippen LogP contribution in [0.25, 0.3) is 0 Å². The van der Waals surface area contributed by atoms with Crippen molar-refractivity contribution < 1.29 is 14.3 Å². The maximum Gasteiger partial charge on any atom is 0.309 e. The van der Waals surface area contributed by atoms with Crippen LogP contribution >= 0.6 is 0 Å². The van der Waals surface area contributed by atoms with Gasteiger partial charge in [0.05, 0.1) is 30.8 Å². The van der Waals surface area contributed by atoms with Gasteiger partial charge in [0.15, 0.2) is 0 Å². The highest BCUT2D eigenvalue weighted by atomic mass is 16.5. The summed E-state index contributed by atoms with van der Waals surface area (Å²) in [5, 5.41) is 6.60. The Hall–Kier alpha value is -2.99. The summed E-state index contributed by atoms with van der Waals surface area (Å²) in [5.41, 5.74) is 6.74. The average molecular weight is 462 g/mol. The van der Waals surface area contributed by atoms with E-state index in [-0.39, 0.29) is 23.8 Å². The molecule has 6 heteroatoms. The van der Waals surface area contributed by atoms with E-state index in [9.17, 15) is 9.59 Å². The number of esters is 1. The van der Waals surface area contributed by atoms with Gasteiger partial charge in [0, 0.05) is 12.0 Å². The van der Waals surface area contributed by atoms with Crippen LogP contribution in [0.15, 0.2) is 47.6 Å². The lowest BCUT2D eigenvalue weighted by atomic mass is 9.93. The third-order valence-corrected chi connectivity index (χ3v) is 6.98. The SMILES string of the molecule is CCOC(=O)C1CCN(CC(=O)N2N=C(c3cc(C)ccc3C)C[C@H]2c2ccccc2C)CC1. The van der Waals surface area contributed by atoms with Crippen LogP contribution in [0.4, 0.5) is 0 Å². The van der Waals surface area contributed by atoms with Gasteiger partial charge in [0.2, 0.25) is 0 Å². The van der Waals surface area contributed by atoms with Crippen molar-refractivity contribution in [3.8, 4) is 0 Å². The predicted octanol–water partition coefficient (Wildman–Crippen LogP) is 4.56. The van der Waals surface area contributed by atoms with E-state index in [4.69, 9.17) is 9.84 Å². The summed E-state index contributed by atoms with van der Waals surface area (Å²) in [7, 11) is 0. The zero-order valence-corrected chi connectivity index (χ0v) is 20.7. The van der Waals surface area contributed by atoms with Crippen LogP contribution in [0.2, 0.25) is 0 Å². The highest BCUT2D eigenvalue weighted by Gasteiger charge is 2.35.